The first kappa shape index (κ1) is 18.4. The molecule has 0 saturated carbocycles. The SMILES string of the molecule is CCOC(=O)c1ccc(C)c(NC(=O)c2ccc(Cl)c([N+](=O)[O-])c2)c1. The molecular weight excluding hydrogens is 348 g/mol. The first-order valence-corrected chi connectivity index (χ1v) is 7.74. The number of carbonyl (C=O) groups is 2. The van der Waals surface area contributed by atoms with Gasteiger partial charge in [0.25, 0.3) is 11.6 Å². The van der Waals surface area contributed by atoms with Crippen LogP contribution in [0.2, 0.25) is 5.02 Å². The van der Waals surface area contributed by atoms with Crippen molar-refractivity contribution >= 4 is 34.9 Å². The van der Waals surface area contributed by atoms with Gasteiger partial charge in [-0.25, -0.2) is 4.79 Å². The van der Waals surface area contributed by atoms with Crippen LogP contribution in [0.3, 0.4) is 0 Å². The van der Waals surface area contributed by atoms with E-state index in [0.717, 1.165) is 11.6 Å². The summed E-state index contributed by atoms with van der Waals surface area (Å²) in [4.78, 5) is 34.4. The lowest BCUT2D eigenvalue weighted by molar-refractivity contribution is -0.384. The second-order valence-electron chi connectivity index (χ2n) is 5.13. The average molecular weight is 363 g/mol. The molecule has 130 valence electrons. The number of nitrogens with one attached hydrogen (secondary N) is 1. The van der Waals surface area contributed by atoms with Crippen molar-refractivity contribution in [2.75, 3.05) is 11.9 Å². The summed E-state index contributed by atoms with van der Waals surface area (Å²) in [6.45, 7) is 3.69. The Morgan fingerprint density at radius 1 is 1.20 bits per heavy atom. The predicted molar refractivity (Wildman–Crippen MR) is 93.2 cm³/mol. The van der Waals surface area contributed by atoms with Gasteiger partial charge < -0.3 is 10.1 Å². The van der Waals surface area contributed by atoms with E-state index >= 15 is 0 Å². The topological polar surface area (TPSA) is 98.5 Å². The van der Waals surface area contributed by atoms with Gasteiger partial charge in [-0.15, -0.1) is 0 Å². The molecule has 1 amide bonds. The molecule has 0 unspecified atom stereocenters. The number of nitro benzene ring substituents is 1. The Bertz CT molecular complexity index is 851. The van der Waals surface area contributed by atoms with Crippen molar-refractivity contribution in [3.8, 4) is 0 Å². The van der Waals surface area contributed by atoms with E-state index < -0.39 is 16.8 Å². The minimum atomic E-state index is -0.661. The van der Waals surface area contributed by atoms with Crippen molar-refractivity contribution < 1.29 is 19.2 Å². The lowest BCUT2D eigenvalue weighted by Crippen LogP contribution is -2.14. The number of nitro groups is 1. The molecule has 8 heteroatoms. The van der Waals surface area contributed by atoms with Crippen molar-refractivity contribution in [2.45, 2.75) is 13.8 Å². The minimum Gasteiger partial charge on any atom is -0.462 e. The molecule has 0 radical (unpaired) electrons. The standard InChI is InChI=1S/C17H15ClN2O5/c1-3-25-17(22)12-5-4-10(2)14(8-12)19-16(21)11-6-7-13(18)15(9-11)20(23)24/h4-9H,3H2,1-2H3,(H,19,21). The third-order valence-corrected chi connectivity index (χ3v) is 3.72. The van der Waals surface area contributed by atoms with Crippen molar-refractivity contribution in [1.29, 1.82) is 0 Å². The van der Waals surface area contributed by atoms with Gasteiger partial charge in [-0.3, -0.25) is 14.9 Å². The maximum absolute atomic E-state index is 12.4. The van der Waals surface area contributed by atoms with Gasteiger partial charge in [0.05, 0.1) is 17.1 Å². The monoisotopic (exact) mass is 362 g/mol. The smallest absolute Gasteiger partial charge is 0.338 e. The molecule has 7 nitrogen and oxygen atoms in total. The number of ether oxygens (including phenoxy) is 1. The first-order valence-electron chi connectivity index (χ1n) is 7.36. The van der Waals surface area contributed by atoms with Crippen molar-refractivity contribution in [1.82, 2.24) is 0 Å². The maximum Gasteiger partial charge on any atom is 0.338 e. The molecule has 2 rings (SSSR count). The maximum atomic E-state index is 12.4. The highest BCUT2D eigenvalue weighted by Gasteiger charge is 2.17. The van der Waals surface area contributed by atoms with Gasteiger partial charge in [-0.1, -0.05) is 17.7 Å². The summed E-state index contributed by atoms with van der Waals surface area (Å²) < 4.78 is 4.93. The molecule has 0 atom stereocenters. The Kier molecular flexibility index (Phi) is 5.71. The molecule has 0 aliphatic rings. The lowest BCUT2D eigenvalue weighted by atomic mass is 10.1. The van der Waals surface area contributed by atoms with Crippen LogP contribution < -0.4 is 5.32 Å². The molecule has 1 N–H and O–H groups in total. The highest BCUT2D eigenvalue weighted by molar-refractivity contribution is 6.32. The van der Waals surface area contributed by atoms with E-state index in [1.54, 1.807) is 26.0 Å². The van der Waals surface area contributed by atoms with Crippen LogP contribution in [-0.4, -0.2) is 23.4 Å². The summed E-state index contributed by atoms with van der Waals surface area (Å²) in [6, 6.07) is 8.53. The number of benzene rings is 2. The number of rotatable bonds is 5. The predicted octanol–water partition coefficient (Wildman–Crippen LogP) is 3.99. The van der Waals surface area contributed by atoms with Gasteiger partial charge in [0.1, 0.15) is 5.02 Å². The highest BCUT2D eigenvalue weighted by atomic mass is 35.5. The summed E-state index contributed by atoms with van der Waals surface area (Å²) in [5, 5.41) is 13.5. The zero-order valence-corrected chi connectivity index (χ0v) is 14.3. The number of anilines is 1. The van der Waals surface area contributed by atoms with Gasteiger partial charge in [0.15, 0.2) is 0 Å². The molecule has 0 fully saturated rings. The quantitative estimate of drug-likeness (QED) is 0.492. The Hall–Kier alpha value is -2.93. The van der Waals surface area contributed by atoms with Crippen molar-refractivity contribution in [3.05, 3.63) is 68.2 Å². The van der Waals surface area contributed by atoms with Gasteiger partial charge in [-0.05, 0) is 43.7 Å². The van der Waals surface area contributed by atoms with E-state index in [9.17, 15) is 19.7 Å². The Labute approximate surface area is 148 Å². The number of aryl methyl sites for hydroxylation is 1. The second kappa shape index (κ2) is 7.76. The zero-order valence-electron chi connectivity index (χ0n) is 13.5. The van der Waals surface area contributed by atoms with Crippen LogP contribution in [-0.2, 0) is 4.74 Å². The summed E-state index contributed by atoms with van der Waals surface area (Å²) >= 11 is 5.74. The van der Waals surface area contributed by atoms with Crippen LogP contribution in [0.4, 0.5) is 11.4 Å². The number of esters is 1. The summed E-state index contributed by atoms with van der Waals surface area (Å²) in [6.07, 6.45) is 0. The molecule has 0 aromatic heterocycles. The summed E-state index contributed by atoms with van der Waals surface area (Å²) in [7, 11) is 0. The van der Waals surface area contributed by atoms with Gasteiger partial charge in [-0.2, -0.15) is 0 Å². The minimum absolute atomic E-state index is 0.0537. The van der Waals surface area contributed by atoms with E-state index in [1.807, 2.05) is 0 Å². The van der Waals surface area contributed by atoms with Crippen LogP contribution >= 0.6 is 11.6 Å². The number of halogens is 1. The normalized spacial score (nSPS) is 10.2. The molecule has 2 aromatic rings. The highest BCUT2D eigenvalue weighted by Crippen LogP contribution is 2.26. The molecule has 2 aromatic carbocycles. The number of carbonyl (C=O) groups excluding carboxylic acids is 2. The Morgan fingerprint density at radius 3 is 2.52 bits per heavy atom. The number of nitrogens with zero attached hydrogens (tertiary/aromatic N) is 1. The van der Waals surface area contributed by atoms with Crippen LogP contribution in [0.25, 0.3) is 0 Å². The van der Waals surface area contributed by atoms with Crippen LogP contribution in [0.5, 0.6) is 0 Å². The zero-order chi connectivity index (χ0) is 18.6. The molecule has 0 spiro atoms. The Morgan fingerprint density at radius 2 is 1.88 bits per heavy atom. The number of hydrogen-bond acceptors (Lipinski definition) is 5. The van der Waals surface area contributed by atoms with E-state index in [4.69, 9.17) is 16.3 Å². The molecule has 0 aliphatic heterocycles. The molecular formula is C17H15ClN2O5. The molecule has 0 saturated heterocycles. The summed E-state index contributed by atoms with van der Waals surface area (Å²) in [5.74, 6) is -1.05. The largest absolute Gasteiger partial charge is 0.462 e. The van der Waals surface area contributed by atoms with Gasteiger partial charge in [0, 0.05) is 17.3 Å². The first-order chi connectivity index (χ1) is 11.8. The molecule has 0 heterocycles. The summed E-state index contributed by atoms with van der Waals surface area (Å²) in [5.41, 5.74) is 1.16. The molecule has 25 heavy (non-hydrogen) atoms. The van der Waals surface area contributed by atoms with Gasteiger partial charge >= 0.3 is 5.97 Å². The van der Waals surface area contributed by atoms with Crippen molar-refractivity contribution in [2.24, 2.45) is 0 Å². The average Bonchev–Trinajstić information content (AvgIpc) is 2.57. The fraction of sp³-hybridized carbons (Fsp3) is 0.176. The molecule has 0 aliphatic carbocycles. The van der Waals surface area contributed by atoms with Crippen molar-refractivity contribution in [3.63, 3.8) is 0 Å². The Balaban J connectivity index is 2.29. The van der Waals surface area contributed by atoms with E-state index in [0.29, 0.717) is 11.3 Å². The lowest BCUT2D eigenvalue weighted by Gasteiger charge is -2.10. The van der Waals surface area contributed by atoms with Gasteiger partial charge in [0.2, 0.25) is 0 Å². The third kappa shape index (κ3) is 4.33. The van der Waals surface area contributed by atoms with E-state index in [1.165, 1.54) is 18.2 Å². The van der Waals surface area contributed by atoms with E-state index in [2.05, 4.69) is 5.32 Å². The molecule has 0 bridgehead atoms. The number of amides is 1. The van der Waals surface area contributed by atoms with Crippen LogP contribution in [0, 0.1) is 17.0 Å². The van der Waals surface area contributed by atoms with Crippen LogP contribution in [0.15, 0.2) is 36.4 Å². The third-order valence-electron chi connectivity index (χ3n) is 3.40. The number of hydrogen-bond donors (Lipinski definition) is 1. The fourth-order valence-electron chi connectivity index (χ4n) is 2.09. The second-order valence-corrected chi connectivity index (χ2v) is 5.53. The fourth-order valence-corrected chi connectivity index (χ4v) is 2.27. The van der Waals surface area contributed by atoms with Crippen LogP contribution in [0.1, 0.15) is 33.2 Å². The van der Waals surface area contributed by atoms with E-state index in [-0.39, 0.29) is 22.9 Å².